The maximum atomic E-state index is 3.86. The number of nitrogens with one attached hydrogen (secondary N) is 1. The number of rotatable bonds is 5. The van der Waals surface area contributed by atoms with Crippen molar-refractivity contribution in [2.75, 3.05) is 6.54 Å². The molecule has 0 aromatic heterocycles. The topological polar surface area (TPSA) is 12.0 Å². The fraction of sp³-hybridized carbons (Fsp3) is 1.00. The molecule has 0 radical (unpaired) electrons. The third-order valence-corrected chi connectivity index (χ3v) is 4.71. The van der Waals surface area contributed by atoms with Crippen molar-refractivity contribution < 1.29 is 0 Å². The van der Waals surface area contributed by atoms with E-state index in [0.717, 1.165) is 11.5 Å². The quantitative estimate of drug-likeness (QED) is 0.739. The smallest absolute Gasteiger partial charge is 0.00723 e. The van der Waals surface area contributed by atoms with Crippen LogP contribution in [-0.4, -0.2) is 12.6 Å². The second-order valence-corrected chi connectivity index (χ2v) is 7.09. The van der Waals surface area contributed by atoms with Gasteiger partial charge in [0.25, 0.3) is 0 Å². The Hall–Kier alpha value is -0.0400. The van der Waals surface area contributed by atoms with E-state index >= 15 is 0 Å². The van der Waals surface area contributed by atoms with Crippen LogP contribution in [0.1, 0.15) is 72.1 Å². The van der Waals surface area contributed by atoms with Crippen LogP contribution >= 0.6 is 0 Å². The second kappa shape index (κ2) is 4.68. The van der Waals surface area contributed by atoms with Crippen LogP contribution in [0, 0.1) is 10.8 Å². The SMILES string of the molecule is CCCC1(CNC2CCCC(C)(C)C2)CC1. The van der Waals surface area contributed by atoms with Crippen molar-refractivity contribution >= 4 is 0 Å². The third-order valence-electron chi connectivity index (χ3n) is 4.71. The van der Waals surface area contributed by atoms with Gasteiger partial charge in [-0.05, 0) is 49.4 Å². The van der Waals surface area contributed by atoms with Crippen molar-refractivity contribution in [3.8, 4) is 0 Å². The molecule has 94 valence electrons. The lowest BCUT2D eigenvalue weighted by Crippen LogP contribution is -2.40. The highest BCUT2D eigenvalue weighted by Crippen LogP contribution is 2.49. The Morgan fingerprint density at radius 1 is 1.19 bits per heavy atom. The summed E-state index contributed by atoms with van der Waals surface area (Å²) < 4.78 is 0. The Balaban J connectivity index is 1.73. The average Bonchev–Trinajstić information content (AvgIpc) is 2.95. The Morgan fingerprint density at radius 2 is 1.94 bits per heavy atom. The lowest BCUT2D eigenvalue weighted by atomic mass is 9.75. The minimum atomic E-state index is 0.581. The van der Waals surface area contributed by atoms with Gasteiger partial charge in [-0.25, -0.2) is 0 Å². The molecule has 2 aliphatic rings. The molecule has 1 unspecified atom stereocenters. The molecule has 2 aliphatic carbocycles. The summed E-state index contributed by atoms with van der Waals surface area (Å²) in [6, 6.07) is 0.804. The fourth-order valence-corrected chi connectivity index (χ4v) is 3.46. The molecule has 0 saturated heterocycles. The van der Waals surface area contributed by atoms with Crippen molar-refractivity contribution in [3.63, 3.8) is 0 Å². The minimum absolute atomic E-state index is 0.581. The second-order valence-electron chi connectivity index (χ2n) is 7.09. The largest absolute Gasteiger partial charge is 0.313 e. The summed E-state index contributed by atoms with van der Waals surface area (Å²) >= 11 is 0. The van der Waals surface area contributed by atoms with Crippen LogP contribution in [0.5, 0.6) is 0 Å². The first-order valence-electron chi connectivity index (χ1n) is 7.29. The summed E-state index contributed by atoms with van der Waals surface area (Å²) in [5.41, 5.74) is 1.30. The van der Waals surface area contributed by atoms with E-state index in [2.05, 4.69) is 26.1 Å². The maximum absolute atomic E-state index is 3.86. The molecule has 2 rings (SSSR count). The molecule has 2 fully saturated rings. The molecule has 1 nitrogen and oxygen atoms in total. The zero-order valence-electron chi connectivity index (χ0n) is 11.4. The predicted molar refractivity (Wildman–Crippen MR) is 70.6 cm³/mol. The molecular formula is C15H29N. The van der Waals surface area contributed by atoms with Crippen molar-refractivity contribution in [1.29, 1.82) is 0 Å². The minimum Gasteiger partial charge on any atom is -0.313 e. The van der Waals surface area contributed by atoms with Crippen molar-refractivity contribution in [3.05, 3.63) is 0 Å². The lowest BCUT2D eigenvalue weighted by Gasteiger charge is -2.36. The molecule has 16 heavy (non-hydrogen) atoms. The summed E-state index contributed by atoms with van der Waals surface area (Å²) in [5, 5.41) is 3.86. The molecule has 0 bridgehead atoms. The van der Waals surface area contributed by atoms with E-state index in [1.165, 1.54) is 57.9 Å². The van der Waals surface area contributed by atoms with E-state index in [1.807, 2.05) is 0 Å². The summed E-state index contributed by atoms with van der Waals surface area (Å²) in [6.07, 6.45) is 11.4. The molecule has 0 aliphatic heterocycles. The Labute approximate surface area is 101 Å². The zero-order valence-corrected chi connectivity index (χ0v) is 11.4. The highest BCUT2D eigenvalue weighted by atomic mass is 14.9. The van der Waals surface area contributed by atoms with Gasteiger partial charge >= 0.3 is 0 Å². The van der Waals surface area contributed by atoms with Gasteiger partial charge in [-0.15, -0.1) is 0 Å². The van der Waals surface area contributed by atoms with Crippen molar-refractivity contribution in [2.24, 2.45) is 10.8 Å². The van der Waals surface area contributed by atoms with Crippen LogP contribution in [0.3, 0.4) is 0 Å². The summed E-state index contributed by atoms with van der Waals surface area (Å²) in [6.45, 7) is 8.48. The first-order valence-corrected chi connectivity index (χ1v) is 7.29. The first kappa shape index (κ1) is 12.4. The number of hydrogen-bond acceptors (Lipinski definition) is 1. The van der Waals surface area contributed by atoms with Crippen LogP contribution in [0.2, 0.25) is 0 Å². The van der Waals surface area contributed by atoms with Gasteiger partial charge < -0.3 is 5.32 Å². The maximum Gasteiger partial charge on any atom is 0.00723 e. The normalized spacial score (nSPS) is 31.3. The van der Waals surface area contributed by atoms with Crippen molar-refractivity contribution in [2.45, 2.75) is 78.2 Å². The standard InChI is InChI=1S/C15H29N/c1-4-7-15(9-10-15)12-16-13-6-5-8-14(2,3)11-13/h13,16H,4-12H2,1-3H3. The highest BCUT2D eigenvalue weighted by Gasteiger charge is 2.41. The summed E-state index contributed by atoms with van der Waals surface area (Å²) in [7, 11) is 0. The molecule has 2 saturated carbocycles. The van der Waals surface area contributed by atoms with Gasteiger partial charge in [0.15, 0.2) is 0 Å². The van der Waals surface area contributed by atoms with Gasteiger partial charge in [0, 0.05) is 12.6 Å². The molecule has 0 heterocycles. The van der Waals surface area contributed by atoms with Crippen LogP contribution in [-0.2, 0) is 0 Å². The van der Waals surface area contributed by atoms with E-state index in [9.17, 15) is 0 Å². The molecule has 0 aromatic rings. The molecule has 0 amide bonds. The Morgan fingerprint density at radius 3 is 2.50 bits per heavy atom. The summed E-state index contributed by atoms with van der Waals surface area (Å²) in [4.78, 5) is 0. The van der Waals surface area contributed by atoms with Gasteiger partial charge in [-0.2, -0.15) is 0 Å². The Bertz CT molecular complexity index is 228. The van der Waals surface area contributed by atoms with Gasteiger partial charge in [-0.3, -0.25) is 0 Å². The number of hydrogen-bond donors (Lipinski definition) is 1. The van der Waals surface area contributed by atoms with E-state index in [4.69, 9.17) is 0 Å². The van der Waals surface area contributed by atoms with Crippen molar-refractivity contribution in [1.82, 2.24) is 5.32 Å². The van der Waals surface area contributed by atoms with Crippen LogP contribution in [0.25, 0.3) is 0 Å². The molecule has 0 spiro atoms. The molecule has 1 N–H and O–H groups in total. The zero-order chi connectivity index (χ0) is 11.6. The van der Waals surface area contributed by atoms with Gasteiger partial charge in [-0.1, -0.05) is 33.6 Å². The third kappa shape index (κ3) is 3.23. The lowest BCUT2D eigenvalue weighted by molar-refractivity contribution is 0.191. The Kier molecular flexibility index (Phi) is 3.63. The van der Waals surface area contributed by atoms with Crippen LogP contribution < -0.4 is 5.32 Å². The monoisotopic (exact) mass is 223 g/mol. The predicted octanol–water partition coefficient (Wildman–Crippen LogP) is 4.13. The van der Waals surface area contributed by atoms with E-state index < -0.39 is 0 Å². The van der Waals surface area contributed by atoms with Crippen LogP contribution in [0.4, 0.5) is 0 Å². The van der Waals surface area contributed by atoms with E-state index in [0.29, 0.717) is 5.41 Å². The first-order chi connectivity index (χ1) is 7.55. The van der Waals surface area contributed by atoms with Crippen LogP contribution in [0.15, 0.2) is 0 Å². The molecule has 1 heteroatoms. The molecular weight excluding hydrogens is 194 g/mol. The van der Waals surface area contributed by atoms with Gasteiger partial charge in [0.1, 0.15) is 0 Å². The van der Waals surface area contributed by atoms with Gasteiger partial charge in [0.2, 0.25) is 0 Å². The van der Waals surface area contributed by atoms with E-state index in [1.54, 1.807) is 0 Å². The molecule has 1 atom stereocenters. The fourth-order valence-electron chi connectivity index (χ4n) is 3.46. The van der Waals surface area contributed by atoms with Gasteiger partial charge in [0.05, 0.1) is 0 Å². The highest BCUT2D eigenvalue weighted by molar-refractivity contribution is 4.96. The molecule has 0 aromatic carbocycles. The summed E-state index contributed by atoms with van der Waals surface area (Å²) in [5.74, 6) is 0. The average molecular weight is 223 g/mol. The van der Waals surface area contributed by atoms with E-state index in [-0.39, 0.29) is 0 Å².